The second-order valence-electron chi connectivity index (χ2n) is 5.87. The lowest BCUT2D eigenvalue weighted by atomic mass is 9.84. The molecule has 8 nitrogen and oxygen atoms in total. The van der Waals surface area contributed by atoms with E-state index in [-0.39, 0.29) is 17.5 Å². The molecule has 2 aromatic rings. The van der Waals surface area contributed by atoms with Gasteiger partial charge in [0.25, 0.3) is 5.91 Å². The Morgan fingerprint density at radius 1 is 1.36 bits per heavy atom. The molecular formula is C16H13N3O5S. The van der Waals surface area contributed by atoms with E-state index in [0.29, 0.717) is 29.9 Å². The average molecular weight is 359 g/mol. The number of nitrogens with zero attached hydrogens (tertiary/aromatic N) is 2. The monoisotopic (exact) mass is 359 g/mol. The Kier molecular flexibility index (Phi) is 3.46. The fourth-order valence-corrected chi connectivity index (χ4v) is 3.96. The van der Waals surface area contributed by atoms with Crippen molar-refractivity contribution >= 4 is 28.3 Å². The summed E-state index contributed by atoms with van der Waals surface area (Å²) in [5, 5.41) is 15.2. The first-order valence-electron chi connectivity index (χ1n) is 7.59. The van der Waals surface area contributed by atoms with Gasteiger partial charge in [-0.3, -0.25) is 19.8 Å². The van der Waals surface area contributed by atoms with E-state index >= 15 is 0 Å². The second-order valence-corrected chi connectivity index (χ2v) is 6.76. The van der Waals surface area contributed by atoms with E-state index in [1.807, 2.05) is 0 Å². The van der Waals surface area contributed by atoms with Crippen LogP contribution in [-0.4, -0.2) is 28.4 Å². The van der Waals surface area contributed by atoms with Gasteiger partial charge in [0.1, 0.15) is 5.75 Å². The van der Waals surface area contributed by atoms with Gasteiger partial charge in [0, 0.05) is 23.4 Å². The van der Waals surface area contributed by atoms with Crippen molar-refractivity contribution in [2.45, 2.75) is 18.5 Å². The van der Waals surface area contributed by atoms with Gasteiger partial charge < -0.3 is 10.1 Å². The molecule has 1 aromatic carbocycles. The number of carbonyl (C=O) groups excluding carboxylic acids is 2. The highest BCUT2D eigenvalue weighted by atomic mass is 32.1. The zero-order chi connectivity index (χ0) is 17.6. The minimum atomic E-state index is -1.13. The number of ether oxygens (including phenoxy) is 1. The van der Waals surface area contributed by atoms with Crippen LogP contribution in [0, 0.1) is 10.1 Å². The predicted octanol–water partition coefficient (Wildman–Crippen LogP) is 2.39. The molecule has 1 saturated heterocycles. The summed E-state index contributed by atoms with van der Waals surface area (Å²) in [4.78, 5) is 36.9. The Morgan fingerprint density at radius 3 is 2.92 bits per heavy atom. The van der Waals surface area contributed by atoms with Crippen molar-refractivity contribution in [3.8, 4) is 5.75 Å². The first-order valence-corrected chi connectivity index (χ1v) is 8.47. The first kappa shape index (κ1) is 15.6. The summed E-state index contributed by atoms with van der Waals surface area (Å²) in [7, 11) is 0. The third kappa shape index (κ3) is 2.35. The number of urea groups is 1. The number of thiophene rings is 1. The summed E-state index contributed by atoms with van der Waals surface area (Å²) in [6.07, 6.45) is 0.342. The van der Waals surface area contributed by atoms with Crippen molar-refractivity contribution in [2.24, 2.45) is 0 Å². The molecule has 25 heavy (non-hydrogen) atoms. The van der Waals surface area contributed by atoms with Gasteiger partial charge in [0.2, 0.25) is 0 Å². The Balaban J connectivity index is 1.66. The van der Waals surface area contributed by atoms with Crippen LogP contribution in [-0.2, 0) is 16.9 Å². The molecule has 0 aliphatic carbocycles. The molecule has 128 valence electrons. The highest BCUT2D eigenvalue weighted by Gasteiger charge is 2.54. The molecule has 3 amide bonds. The van der Waals surface area contributed by atoms with E-state index in [0.717, 1.165) is 16.2 Å². The van der Waals surface area contributed by atoms with Crippen molar-refractivity contribution in [3.63, 3.8) is 0 Å². The van der Waals surface area contributed by atoms with Crippen LogP contribution in [0.2, 0.25) is 0 Å². The van der Waals surface area contributed by atoms with Crippen molar-refractivity contribution < 1.29 is 19.2 Å². The minimum absolute atomic E-state index is 0.000218. The molecule has 2 aliphatic rings. The lowest BCUT2D eigenvalue weighted by Crippen LogP contribution is -2.47. The third-order valence-corrected chi connectivity index (χ3v) is 5.35. The number of hydrogen-bond donors (Lipinski definition) is 1. The number of imide groups is 1. The molecule has 0 radical (unpaired) electrons. The molecule has 1 atom stereocenters. The summed E-state index contributed by atoms with van der Waals surface area (Å²) < 4.78 is 5.58. The van der Waals surface area contributed by atoms with Gasteiger partial charge >= 0.3 is 11.0 Å². The maximum absolute atomic E-state index is 13.1. The molecule has 1 spiro atoms. The third-order valence-electron chi connectivity index (χ3n) is 4.42. The zero-order valence-corrected chi connectivity index (χ0v) is 13.7. The van der Waals surface area contributed by atoms with E-state index in [1.165, 1.54) is 6.07 Å². The van der Waals surface area contributed by atoms with Gasteiger partial charge in [-0.25, -0.2) is 4.79 Å². The van der Waals surface area contributed by atoms with Gasteiger partial charge in [-0.1, -0.05) is 29.5 Å². The quantitative estimate of drug-likeness (QED) is 0.515. The number of amides is 3. The van der Waals surface area contributed by atoms with Crippen molar-refractivity contribution in [1.82, 2.24) is 10.2 Å². The fraction of sp³-hybridized carbons (Fsp3) is 0.250. The normalized spacial score (nSPS) is 21.8. The highest BCUT2D eigenvalue weighted by molar-refractivity contribution is 7.13. The predicted molar refractivity (Wildman–Crippen MR) is 88.3 cm³/mol. The Hall–Kier alpha value is -2.94. The lowest BCUT2D eigenvalue weighted by molar-refractivity contribution is -0.380. The number of rotatable bonds is 3. The van der Waals surface area contributed by atoms with E-state index in [2.05, 4.69) is 5.32 Å². The van der Waals surface area contributed by atoms with Crippen LogP contribution < -0.4 is 10.1 Å². The number of nitro groups is 1. The van der Waals surface area contributed by atoms with E-state index < -0.39 is 16.5 Å². The molecule has 1 aromatic heterocycles. The topological polar surface area (TPSA) is 102 Å². The standard InChI is InChI=1S/C16H13N3O5S/c20-14-16(5-6-24-12-4-2-1-3-11(12)16)17-15(21)18(14)8-10-7-13(19(22)23)25-9-10/h1-4,7,9H,5-6,8H2,(H,17,21)/t16-/m1/s1. The number of hydrogen-bond acceptors (Lipinski definition) is 6. The molecular weight excluding hydrogens is 346 g/mol. The molecule has 0 bridgehead atoms. The average Bonchev–Trinajstić information content (AvgIpc) is 3.16. The number of fused-ring (bicyclic) bond motifs is 2. The van der Waals surface area contributed by atoms with Gasteiger partial charge in [-0.2, -0.15) is 0 Å². The lowest BCUT2D eigenvalue weighted by Gasteiger charge is -2.33. The van der Waals surface area contributed by atoms with Crippen LogP contribution in [0.5, 0.6) is 5.75 Å². The number of para-hydroxylation sites is 1. The smallest absolute Gasteiger partial charge is 0.325 e. The summed E-state index contributed by atoms with van der Waals surface area (Å²) in [6.45, 7) is 0.320. The SMILES string of the molecule is O=C1N[C@@]2(CCOc3ccccc32)C(=O)N1Cc1csc([N+](=O)[O-])c1. The van der Waals surface area contributed by atoms with Crippen LogP contribution in [0.4, 0.5) is 9.80 Å². The molecule has 1 N–H and O–H groups in total. The van der Waals surface area contributed by atoms with E-state index in [4.69, 9.17) is 4.74 Å². The summed E-state index contributed by atoms with van der Waals surface area (Å²) in [6, 6.07) is 8.01. The Bertz CT molecular complexity index is 895. The first-order chi connectivity index (χ1) is 12.0. The van der Waals surface area contributed by atoms with Gasteiger partial charge in [-0.05, 0) is 11.6 Å². The summed E-state index contributed by atoms with van der Waals surface area (Å²) in [5.74, 6) is 0.220. The summed E-state index contributed by atoms with van der Waals surface area (Å²) in [5.41, 5.74) is 0.0597. The molecule has 4 rings (SSSR count). The molecule has 0 unspecified atom stereocenters. The second kappa shape index (κ2) is 5.55. The molecule has 3 heterocycles. The molecule has 0 saturated carbocycles. The molecule has 1 fully saturated rings. The highest BCUT2D eigenvalue weighted by Crippen LogP contribution is 2.41. The van der Waals surface area contributed by atoms with Crippen molar-refractivity contribution in [1.29, 1.82) is 0 Å². The van der Waals surface area contributed by atoms with Gasteiger partial charge in [0.05, 0.1) is 18.1 Å². The number of carbonyl (C=O) groups is 2. The van der Waals surface area contributed by atoms with Crippen LogP contribution in [0.15, 0.2) is 35.7 Å². The fourth-order valence-electron chi connectivity index (χ4n) is 3.24. The molecule has 2 aliphatic heterocycles. The van der Waals surface area contributed by atoms with Crippen LogP contribution >= 0.6 is 11.3 Å². The largest absolute Gasteiger partial charge is 0.493 e. The number of benzene rings is 1. The van der Waals surface area contributed by atoms with Crippen LogP contribution in [0.3, 0.4) is 0 Å². The maximum atomic E-state index is 13.1. The summed E-state index contributed by atoms with van der Waals surface area (Å²) >= 11 is 0.970. The van der Waals surface area contributed by atoms with Crippen LogP contribution in [0.25, 0.3) is 0 Å². The minimum Gasteiger partial charge on any atom is -0.493 e. The Morgan fingerprint density at radius 2 is 2.16 bits per heavy atom. The molecule has 9 heteroatoms. The van der Waals surface area contributed by atoms with Crippen molar-refractivity contribution in [2.75, 3.05) is 6.61 Å². The van der Waals surface area contributed by atoms with Gasteiger partial charge in [0.15, 0.2) is 5.54 Å². The Labute approximate surface area is 146 Å². The maximum Gasteiger partial charge on any atom is 0.325 e. The van der Waals surface area contributed by atoms with E-state index in [1.54, 1.807) is 29.6 Å². The van der Waals surface area contributed by atoms with Crippen LogP contribution in [0.1, 0.15) is 17.5 Å². The van der Waals surface area contributed by atoms with Crippen molar-refractivity contribution in [3.05, 3.63) is 57.0 Å². The zero-order valence-electron chi connectivity index (χ0n) is 12.9. The van der Waals surface area contributed by atoms with E-state index in [9.17, 15) is 19.7 Å². The van der Waals surface area contributed by atoms with Gasteiger partial charge in [-0.15, -0.1) is 0 Å². The number of nitrogens with one attached hydrogen (secondary N) is 1.